The molecular formula is C17H14N4O3. The Morgan fingerprint density at radius 3 is 2.79 bits per heavy atom. The van der Waals surface area contributed by atoms with Gasteiger partial charge in [-0.25, -0.2) is 4.79 Å². The maximum absolute atomic E-state index is 12.7. The molecule has 3 aromatic rings. The number of aromatic carboxylic acids is 1. The minimum atomic E-state index is -1.19. The molecule has 7 heteroatoms. The Hall–Kier alpha value is -3.06. The highest BCUT2D eigenvalue weighted by Crippen LogP contribution is 2.19. The van der Waals surface area contributed by atoms with E-state index in [1.165, 1.54) is 4.57 Å². The Bertz CT molecular complexity index is 1030. The molecule has 0 atom stereocenters. The first-order chi connectivity index (χ1) is 11.6. The zero-order valence-electron chi connectivity index (χ0n) is 12.7. The van der Waals surface area contributed by atoms with Crippen LogP contribution < -0.4 is 10.9 Å². The number of hydrogen-bond donors (Lipinski definition) is 2. The number of pyridine rings is 1. The van der Waals surface area contributed by atoms with E-state index in [-0.39, 0.29) is 5.56 Å². The summed E-state index contributed by atoms with van der Waals surface area (Å²) >= 11 is 0. The van der Waals surface area contributed by atoms with Crippen molar-refractivity contribution in [3.63, 3.8) is 0 Å². The number of rotatable bonds is 2. The molecule has 1 aliphatic rings. The van der Waals surface area contributed by atoms with Gasteiger partial charge in [0, 0.05) is 25.1 Å². The van der Waals surface area contributed by atoms with E-state index in [1.54, 1.807) is 36.8 Å². The monoisotopic (exact) mass is 322 g/mol. The Morgan fingerprint density at radius 2 is 2.00 bits per heavy atom. The molecule has 7 nitrogen and oxygen atoms in total. The second-order valence-corrected chi connectivity index (χ2v) is 5.64. The van der Waals surface area contributed by atoms with Crippen LogP contribution in [0.15, 0.2) is 41.6 Å². The van der Waals surface area contributed by atoms with Crippen LogP contribution in [0.25, 0.3) is 16.7 Å². The molecule has 1 aromatic carbocycles. The second-order valence-electron chi connectivity index (χ2n) is 5.64. The van der Waals surface area contributed by atoms with E-state index in [0.29, 0.717) is 41.8 Å². The number of benzene rings is 1. The minimum absolute atomic E-state index is 0.145. The van der Waals surface area contributed by atoms with E-state index >= 15 is 0 Å². The van der Waals surface area contributed by atoms with Gasteiger partial charge in [-0.2, -0.15) is 0 Å². The van der Waals surface area contributed by atoms with E-state index in [2.05, 4.69) is 15.3 Å². The number of fused-ring (bicyclic) bond motifs is 2. The highest BCUT2D eigenvalue weighted by atomic mass is 16.4. The first-order valence-electron chi connectivity index (χ1n) is 7.58. The average Bonchev–Trinajstić information content (AvgIpc) is 2.60. The average molecular weight is 322 g/mol. The van der Waals surface area contributed by atoms with E-state index in [4.69, 9.17) is 0 Å². The number of hydrogen-bond acceptors (Lipinski definition) is 5. The normalized spacial score (nSPS) is 13.7. The van der Waals surface area contributed by atoms with Crippen LogP contribution >= 0.6 is 0 Å². The molecule has 1 aliphatic heterocycles. The van der Waals surface area contributed by atoms with Crippen molar-refractivity contribution in [3.8, 4) is 5.69 Å². The van der Waals surface area contributed by atoms with Crippen LogP contribution in [0, 0.1) is 0 Å². The molecule has 0 fully saturated rings. The third kappa shape index (κ3) is 2.26. The molecule has 0 unspecified atom stereocenters. The SMILES string of the molecule is O=C(O)c1c2c(cn(-c3ccc4nccnc4c3)c1=O)CNCC2. The predicted molar refractivity (Wildman–Crippen MR) is 87.5 cm³/mol. The minimum Gasteiger partial charge on any atom is -0.477 e. The molecule has 0 saturated carbocycles. The summed E-state index contributed by atoms with van der Waals surface area (Å²) in [5.41, 5.74) is 2.73. The Kier molecular flexibility index (Phi) is 3.35. The van der Waals surface area contributed by atoms with Gasteiger partial charge in [-0.1, -0.05) is 0 Å². The smallest absolute Gasteiger partial charge is 0.341 e. The summed E-state index contributed by atoms with van der Waals surface area (Å²) in [7, 11) is 0. The highest BCUT2D eigenvalue weighted by Gasteiger charge is 2.23. The maximum atomic E-state index is 12.7. The van der Waals surface area contributed by atoms with Crippen molar-refractivity contribution in [1.29, 1.82) is 0 Å². The molecule has 4 rings (SSSR count). The van der Waals surface area contributed by atoms with E-state index in [1.807, 2.05) is 0 Å². The van der Waals surface area contributed by atoms with Crippen LogP contribution in [0.4, 0.5) is 0 Å². The Balaban J connectivity index is 1.98. The van der Waals surface area contributed by atoms with Crippen LogP contribution in [0.5, 0.6) is 0 Å². The number of carboxylic acid groups (broad SMARTS) is 1. The fraction of sp³-hybridized carbons (Fsp3) is 0.176. The molecule has 0 spiro atoms. The van der Waals surface area contributed by atoms with E-state index < -0.39 is 11.5 Å². The van der Waals surface area contributed by atoms with E-state index in [0.717, 1.165) is 5.56 Å². The molecule has 2 aromatic heterocycles. The molecule has 3 heterocycles. The number of aromatic nitrogens is 3. The number of nitrogens with one attached hydrogen (secondary N) is 1. The molecule has 0 amide bonds. The van der Waals surface area contributed by atoms with Crippen molar-refractivity contribution in [2.75, 3.05) is 6.54 Å². The van der Waals surface area contributed by atoms with Gasteiger partial charge in [-0.3, -0.25) is 19.3 Å². The largest absolute Gasteiger partial charge is 0.477 e. The fourth-order valence-corrected chi connectivity index (χ4v) is 3.09. The van der Waals surface area contributed by atoms with Gasteiger partial charge in [0.2, 0.25) is 0 Å². The van der Waals surface area contributed by atoms with Crippen LogP contribution in [0.1, 0.15) is 21.5 Å². The first kappa shape index (κ1) is 14.5. The summed E-state index contributed by atoms with van der Waals surface area (Å²) < 4.78 is 1.38. The van der Waals surface area contributed by atoms with E-state index in [9.17, 15) is 14.7 Å². The van der Waals surface area contributed by atoms with Gasteiger partial charge in [0.25, 0.3) is 5.56 Å². The summed E-state index contributed by atoms with van der Waals surface area (Å²) in [6, 6.07) is 5.24. The van der Waals surface area contributed by atoms with Crippen molar-refractivity contribution in [1.82, 2.24) is 19.9 Å². The molecule has 24 heavy (non-hydrogen) atoms. The van der Waals surface area contributed by atoms with Gasteiger partial charge in [-0.15, -0.1) is 0 Å². The molecular weight excluding hydrogens is 308 g/mol. The van der Waals surface area contributed by atoms with Crippen molar-refractivity contribution in [3.05, 3.63) is 63.8 Å². The van der Waals surface area contributed by atoms with Crippen molar-refractivity contribution < 1.29 is 9.90 Å². The van der Waals surface area contributed by atoms with Crippen molar-refractivity contribution >= 4 is 17.0 Å². The summed E-state index contributed by atoms with van der Waals surface area (Å²) in [5.74, 6) is -1.19. The lowest BCUT2D eigenvalue weighted by Crippen LogP contribution is -2.33. The number of carbonyl (C=O) groups is 1. The van der Waals surface area contributed by atoms with Gasteiger partial charge in [0.05, 0.1) is 16.7 Å². The van der Waals surface area contributed by atoms with Crippen molar-refractivity contribution in [2.45, 2.75) is 13.0 Å². The lowest BCUT2D eigenvalue weighted by molar-refractivity contribution is 0.0693. The van der Waals surface area contributed by atoms with Gasteiger partial charge < -0.3 is 10.4 Å². The third-order valence-electron chi connectivity index (χ3n) is 4.22. The number of carboxylic acids is 1. The van der Waals surface area contributed by atoms with Gasteiger partial charge >= 0.3 is 5.97 Å². The van der Waals surface area contributed by atoms with Crippen LogP contribution in [0.3, 0.4) is 0 Å². The standard InChI is InChI=1S/C17H14N4O3/c22-16-15(17(23)24)12-3-4-18-8-10(12)9-21(16)11-1-2-13-14(7-11)20-6-5-19-13/h1-2,5-7,9,18H,3-4,8H2,(H,23,24). The van der Waals surface area contributed by atoms with Crippen LogP contribution in [-0.4, -0.2) is 32.2 Å². The fourth-order valence-electron chi connectivity index (χ4n) is 3.09. The molecule has 2 N–H and O–H groups in total. The molecule has 0 saturated heterocycles. The highest BCUT2D eigenvalue weighted by molar-refractivity contribution is 5.89. The lowest BCUT2D eigenvalue weighted by Gasteiger charge is -2.20. The molecule has 0 bridgehead atoms. The van der Waals surface area contributed by atoms with Crippen LogP contribution in [0.2, 0.25) is 0 Å². The zero-order valence-corrected chi connectivity index (χ0v) is 12.7. The lowest BCUT2D eigenvalue weighted by atomic mass is 9.97. The predicted octanol–water partition coefficient (Wildman–Crippen LogP) is 1.12. The number of nitrogens with zero attached hydrogens (tertiary/aromatic N) is 3. The Morgan fingerprint density at radius 1 is 1.21 bits per heavy atom. The van der Waals surface area contributed by atoms with Crippen molar-refractivity contribution in [2.24, 2.45) is 0 Å². The summed E-state index contributed by atoms with van der Waals surface area (Å²) in [6.07, 6.45) is 5.43. The molecule has 0 aliphatic carbocycles. The summed E-state index contributed by atoms with van der Waals surface area (Å²) in [5, 5.41) is 12.7. The Labute approximate surface area is 136 Å². The third-order valence-corrected chi connectivity index (χ3v) is 4.22. The molecule has 0 radical (unpaired) electrons. The van der Waals surface area contributed by atoms with Gasteiger partial charge in [-0.05, 0) is 42.3 Å². The van der Waals surface area contributed by atoms with Crippen LogP contribution in [-0.2, 0) is 13.0 Å². The van der Waals surface area contributed by atoms with Gasteiger partial charge in [0.15, 0.2) is 0 Å². The topological polar surface area (TPSA) is 97.1 Å². The maximum Gasteiger partial charge on any atom is 0.341 e. The zero-order chi connectivity index (χ0) is 16.7. The summed E-state index contributed by atoms with van der Waals surface area (Å²) in [4.78, 5) is 32.8. The summed E-state index contributed by atoms with van der Waals surface area (Å²) in [6.45, 7) is 1.21. The quantitative estimate of drug-likeness (QED) is 0.734. The second kappa shape index (κ2) is 5.54. The molecule has 120 valence electrons. The van der Waals surface area contributed by atoms with Gasteiger partial charge in [0.1, 0.15) is 5.56 Å². The first-order valence-corrected chi connectivity index (χ1v) is 7.58.